The van der Waals surface area contributed by atoms with Crippen LogP contribution in [0.4, 0.5) is 22.0 Å². The van der Waals surface area contributed by atoms with Gasteiger partial charge >= 0.3 is 6.03 Å². The van der Waals surface area contributed by atoms with Crippen LogP contribution in [0.3, 0.4) is 0 Å². The Morgan fingerprint density at radius 3 is 2.65 bits per heavy atom. The van der Waals surface area contributed by atoms with Gasteiger partial charge in [0.15, 0.2) is 0 Å². The molecule has 6 nitrogen and oxygen atoms in total. The van der Waals surface area contributed by atoms with Crippen molar-refractivity contribution in [3.05, 3.63) is 46.6 Å². The van der Waals surface area contributed by atoms with Crippen LogP contribution in [-0.2, 0) is 0 Å². The number of hydrogen-bond acceptors (Lipinski definition) is 4. The number of rotatable bonds is 1. The number of fused-ring (bicyclic) bond motifs is 1. The zero-order valence-electron chi connectivity index (χ0n) is 14.2. The predicted octanol–water partition coefficient (Wildman–Crippen LogP) is 3.56. The Hall–Kier alpha value is -2.18. The summed E-state index contributed by atoms with van der Waals surface area (Å²) in [7, 11) is 0. The summed E-state index contributed by atoms with van der Waals surface area (Å²) in [4.78, 5) is 23.2. The number of amides is 2. The van der Waals surface area contributed by atoms with Crippen molar-refractivity contribution in [2.75, 3.05) is 54.4 Å². The molecular weight excluding hydrogens is 373 g/mol. The summed E-state index contributed by atoms with van der Waals surface area (Å²) in [6.07, 6.45) is 1.74. The van der Waals surface area contributed by atoms with Gasteiger partial charge in [-0.3, -0.25) is 4.90 Å². The Bertz CT molecular complexity index is 823. The van der Waals surface area contributed by atoms with Gasteiger partial charge in [-0.2, -0.15) is 0 Å². The molecule has 1 aromatic carbocycles. The smallest absolute Gasteiger partial charge is 0.324 e. The molecule has 26 heavy (non-hydrogen) atoms. The summed E-state index contributed by atoms with van der Waals surface area (Å²) >= 11 is 12.3. The van der Waals surface area contributed by atoms with Crippen molar-refractivity contribution < 1.29 is 4.79 Å². The Labute approximate surface area is 162 Å². The minimum absolute atomic E-state index is 0.0295. The molecule has 0 spiro atoms. The molecule has 8 heteroatoms. The quantitative estimate of drug-likeness (QED) is 0.807. The highest BCUT2D eigenvalue weighted by Crippen LogP contribution is 2.32. The third-order valence-electron chi connectivity index (χ3n) is 4.72. The highest BCUT2D eigenvalue weighted by molar-refractivity contribution is 6.33. The van der Waals surface area contributed by atoms with E-state index in [2.05, 4.69) is 15.2 Å². The van der Waals surface area contributed by atoms with Crippen molar-refractivity contribution >= 4 is 46.4 Å². The second-order valence-electron chi connectivity index (χ2n) is 6.31. The summed E-state index contributed by atoms with van der Waals surface area (Å²) in [6, 6.07) is 9.25. The number of urea groups is 1. The topological polar surface area (TPSA) is 51.7 Å². The third kappa shape index (κ3) is 3.27. The van der Waals surface area contributed by atoms with E-state index in [4.69, 9.17) is 23.2 Å². The summed E-state index contributed by atoms with van der Waals surface area (Å²) in [5, 5.41) is 4.60. The number of carbonyl (C=O) groups is 1. The molecule has 0 saturated carbocycles. The lowest BCUT2D eigenvalue weighted by Gasteiger charge is -2.39. The lowest BCUT2D eigenvalue weighted by atomic mass is 10.2. The van der Waals surface area contributed by atoms with Gasteiger partial charge in [0.05, 0.1) is 16.4 Å². The zero-order chi connectivity index (χ0) is 18.1. The Morgan fingerprint density at radius 1 is 1.08 bits per heavy atom. The van der Waals surface area contributed by atoms with Gasteiger partial charge in [-0.25, -0.2) is 9.78 Å². The Morgan fingerprint density at radius 2 is 1.88 bits per heavy atom. The van der Waals surface area contributed by atoms with Crippen LogP contribution in [0.15, 0.2) is 36.5 Å². The van der Waals surface area contributed by atoms with Crippen molar-refractivity contribution in [2.45, 2.75) is 0 Å². The maximum Gasteiger partial charge on any atom is 0.324 e. The van der Waals surface area contributed by atoms with Crippen molar-refractivity contribution in [2.24, 2.45) is 0 Å². The number of nitrogens with zero attached hydrogens (tertiary/aromatic N) is 4. The molecule has 1 saturated heterocycles. The van der Waals surface area contributed by atoms with Crippen LogP contribution < -0.4 is 15.1 Å². The van der Waals surface area contributed by atoms with E-state index in [0.717, 1.165) is 17.2 Å². The van der Waals surface area contributed by atoms with E-state index in [1.807, 2.05) is 40.1 Å². The molecule has 136 valence electrons. The Kier molecular flexibility index (Phi) is 4.78. The number of halogens is 2. The first-order valence-corrected chi connectivity index (χ1v) is 9.34. The molecule has 0 unspecified atom stereocenters. The van der Waals surface area contributed by atoms with Gasteiger partial charge < -0.3 is 15.1 Å². The molecule has 1 fully saturated rings. The highest BCUT2D eigenvalue weighted by atomic mass is 35.5. The normalized spacial score (nSPS) is 16.9. The fraction of sp³-hybridized carbons (Fsp3) is 0.333. The maximum absolute atomic E-state index is 13.0. The van der Waals surface area contributed by atoms with Crippen molar-refractivity contribution in [3.8, 4) is 0 Å². The van der Waals surface area contributed by atoms with E-state index in [-0.39, 0.29) is 6.03 Å². The van der Waals surface area contributed by atoms with Crippen LogP contribution in [0, 0.1) is 0 Å². The van der Waals surface area contributed by atoms with Gasteiger partial charge in [-0.05, 0) is 30.3 Å². The van der Waals surface area contributed by atoms with Crippen LogP contribution in [0.2, 0.25) is 10.0 Å². The molecule has 4 rings (SSSR count). The number of aromatic nitrogens is 1. The lowest BCUT2D eigenvalue weighted by molar-refractivity contribution is 0.201. The summed E-state index contributed by atoms with van der Waals surface area (Å²) in [5.41, 5.74) is 1.77. The van der Waals surface area contributed by atoms with Crippen molar-refractivity contribution in [3.63, 3.8) is 0 Å². The molecular formula is C18H19Cl2N5O. The first kappa shape index (κ1) is 17.2. The maximum atomic E-state index is 13.0. The monoisotopic (exact) mass is 391 g/mol. The van der Waals surface area contributed by atoms with E-state index in [1.165, 1.54) is 0 Å². The standard InChI is InChI=1S/C18H19Cl2N5O/c19-13-3-4-16-15(12-13)21-6-7-25(16)18(26)24-10-8-23(9-11-24)17-14(20)2-1-5-22-17/h1-5,12,21H,6-11H2. The van der Waals surface area contributed by atoms with Crippen LogP contribution in [0.25, 0.3) is 0 Å². The van der Waals surface area contributed by atoms with E-state index in [0.29, 0.717) is 49.3 Å². The number of carbonyl (C=O) groups excluding carboxylic acids is 1. The molecule has 1 aromatic heterocycles. The van der Waals surface area contributed by atoms with E-state index in [9.17, 15) is 4.79 Å². The van der Waals surface area contributed by atoms with E-state index in [1.54, 1.807) is 6.20 Å². The average Bonchev–Trinajstić information content (AvgIpc) is 2.67. The van der Waals surface area contributed by atoms with Crippen molar-refractivity contribution in [1.82, 2.24) is 9.88 Å². The summed E-state index contributed by atoms with van der Waals surface area (Å²) < 4.78 is 0. The fourth-order valence-corrected chi connectivity index (χ4v) is 3.81. The minimum atomic E-state index is 0.0295. The van der Waals surface area contributed by atoms with Gasteiger partial charge in [0.25, 0.3) is 0 Å². The molecule has 2 aliphatic heterocycles. The molecule has 2 aliphatic rings. The second kappa shape index (κ2) is 7.21. The van der Waals surface area contributed by atoms with Crippen LogP contribution in [0.1, 0.15) is 0 Å². The second-order valence-corrected chi connectivity index (χ2v) is 7.15. The number of nitrogens with one attached hydrogen (secondary N) is 1. The minimum Gasteiger partial charge on any atom is -0.382 e. The van der Waals surface area contributed by atoms with E-state index < -0.39 is 0 Å². The Balaban J connectivity index is 1.46. The molecule has 3 heterocycles. The molecule has 0 aliphatic carbocycles. The highest BCUT2D eigenvalue weighted by Gasteiger charge is 2.29. The van der Waals surface area contributed by atoms with Crippen molar-refractivity contribution in [1.29, 1.82) is 0 Å². The van der Waals surface area contributed by atoms with Gasteiger partial charge in [0.2, 0.25) is 0 Å². The predicted molar refractivity (Wildman–Crippen MR) is 106 cm³/mol. The number of pyridine rings is 1. The van der Waals surface area contributed by atoms with Crippen LogP contribution in [0.5, 0.6) is 0 Å². The lowest BCUT2D eigenvalue weighted by Crippen LogP contribution is -2.54. The molecule has 0 bridgehead atoms. The average molecular weight is 392 g/mol. The largest absolute Gasteiger partial charge is 0.382 e. The third-order valence-corrected chi connectivity index (χ3v) is 5.25. The van der Waals surface area contributed by atoms with Gasteiger partial charge in [-0.1, -0.05) is 23.2 Å². The van der Waals surface area contributed by atoms with Crippen LogP contribution >= 0.6 is 23.2 Å². The first-order valence-electron chi connectivity index (χ1n) is 8.59. The molecule has 1 N–H and O–H groups in total. The molecule has 2 amide bonds. The first-order chi connectivity index (χ1) is 12.6. The van der Waals surface area contributed by atoms with Gasteiger partial charge in [-0.15, -0.1) is 0 Å². The molecule has 0 atom stereocenters. The number of anilines is 3. The summed E-state index contributed by atoms with van der Waals surface area (Å²) in [6.45, 7) is 4.05. The van der Waals surface area contributed by atoms with Crippen LogP contribution in [-0.4, -0.2) is 55.2 Å². The molecule has 2 aromatic rings. The van der Waals surface area contributed by atoms with Gasteiger partial charge in [0.1, 0.15) is 5.82 Å². The summed E-state index contributed by atoms with van der Waals surface area (Å²) in [5.74, 6) is 0.781. The SMILES string of the molecule is O=C(N1CCN(c2ncccc2Cl)CC1)N1CCNc2cc(Cl)ccc21. The zero-order valence-corrected chi connectivity index (χ0v) is 15.7. The van der Waals surface area contributed by atoms with E-state index >= 15 is 0 Å². The number of hydrogen-bond donors (Lipinski definition) is 1. The number of benzene rings is 1. The fourth-order valence-electron chi connectivity index (χ4n) is 3.40. The van der Waals surface area contributed by atoms with Gasteiger partial charge in [0, 0.05) is 50.5 Å². The number of piperazine rings is 1. The molecule has 0 radical (unpaired) electrons.